The van der Waals surface area contributed by atoms with Crippen molar-refractivity contribution >= 4 is 88.3 Å². The Balaban J connectivity index is 1.02. The summed E-state index contributed by atoms with van der Waals surface area (Å²) >= 11 is 2.26. The Labute approximate surface area is 327 Å². The lowest BCUT2D eigenvalue weighted by Gasteiger charge is -2.37. The first-order valence-electron chi connectivity index (χ1n) is 15.6. The number of rotatable bonds is 16. The van der Waals surface area contributed by atoms with E-state index >= 15 is 0 Å². The van der Waals surface area contributed by atoms with E-state index in [1.54, 1.807) is 12.5 Å². The number of imidazole rings is 2. The summed E-state index contributed by atoms with van der Waals surface area (Å²) in [5.41, 5.74) is 12.2. The number of nitrogens with two attached hydrogens (primary N) is 2. The third kappa shape index (κ3) is 9.71. The van der Waals surface area contributed by atoms with Crippen molar-refractivity contribution < 1.29 is 85.4 Å². The summed E-state index contributed by atoms with van der Waals surface area (Å²) in [4.78, 5) is 74.2. The van der Waals surface area contributed by atoms with Crippen LogP contribution in [-0.2, 0) is 45.4 Å². The van der Waals surface area contributed by atoms with E-state index in [1.165, 1.54) is 4.57 Å². The Bertz CT molecular complexity index is 2190. The normalized spacial score (nSPS) is 29.6. The summed E-state index contributed by atoms with van der Waals surface area (Å²) in [7, 11) is -24.3. The molecule has 0 aliphatic carbocycles. The number of nitrogens with zero attached hydrogens (tertiary/aromatic N) is 8. The average molecular weight is 923 g/mol. The van der Waals surface area contributed by atoms with Crippen LogP contribution >= 0.6 is 54.4 Å². The predicted octanol–water partition coefficient (Wildman–Crippen LogP) is -3.42. The van der Waals surface area contributed by atoms with Crippen LogP contribution in [0.4, 0.5) is 11.6 Å². The molecular formula is C23H30N10O18P4S2-4. The van der Waals surface area contributed by atoms with Gasteiger partial charge in [0.2, 0.25) is 0 Å². The van der Waals surface area contributed by atoms with E-state index in [4.69, 9.17) is 20.9 Å². The first-order valence-corrected chi connectivity index (χ1v) is 24.4. The standard InChI is InChI=1S/C23H34N10O18P4S2/c1-56-22-28-16(24)10-18(30-22)32(5-26-10)20-14(36)12(34)8(48-20)3-46-52(38,39)7-53(40,41)50-55(44,45)51-54(42,43)47-4-9-13(35)15(37)21(49-9)33-6-27-11-17(25)29-23(57-2)31-19(11)33/h5-6,8-9,12-15,20-21,34-37H,3-4,7H2,1-2H3,(H,38,39)(H,40,41)(H,42,43)(H,44,45)(H2,24,28,30)(H2,25,29,31)/p-4/t8-,9-,12-,13-,14-,15-,20-,21-/m1/s1. The molecule has 57 heavy (non-hydrogen) atoms. The maximum atomic E-state index is 12.5. The first kappa shape index (κ1) is 44.3. The number of hydrogen-bond donors (Lipinski definition) is 6. The molecule has 0 saturated carbocycles. The largest absolute Gasteiger partial charge is 0.778 e. The van der Waals surface area contributed by atoms with Gasteiger partial charge in [-0.2, -0.15) is 0 Å². The molecule has 2 aliphatic heterocycles. The summed E-state index contributed by atoms with van der Waals surface area (Å²) in [5, 5.41) is 42.7. The quantitative estimate of drug-likeness (QED) is 0.0362. The van der Waals surface area contributed by atoms with Gasteiger partial charge in [-0.25, -0.2) is 34.2 Å². The highest BCUT2D eigenvalue weighted by Gasteiger charge is 2.46. The van der Waals surface area contributed by atoms with Gasteiger partial charge >= 0.3 is 0 Å². The lowest BCUT2D eigenvalue weighted by Crippen LogP contribution is -2.34. The highest BCUT2D eigenvalue weighted by atomic mass is 32.2. The Morgan fingerprint density at radius 3 is 1.56 bits per heavy atom. The van der Waals surface area contributed by atoms with Crippen LogP contribution in [0.3, 0.4) is 0 Å². The highest BCUT2D eigenvalue weighted by molar-refractivity contribution is 7.98. The van der Waals surface area contributed by atoms with E-state index in [-0.39, 0.29) is 44.3 Å². The van der Waals surface area contributed by atoms with E-state index in [1.807, 2.05) is 0 Å². The summed E-state index contributed by atoms with van der Waals surface area (Å²) in [5.74, 6) is -2.19. The number of nitrogen functional groups attached to an aromatic ring is 2. The molecule has 4 unspecified atom stereocenters. The molecular weight excluding hydrogens is 892 g/mol. The molecule has 34 heteroatoms. The number of phosphoric acid groups is 2. The SMILES string of the molecule is CSc1nc(N)c2ncn([C@@H]3O[C@H](COP(=O)([O-])CP(=O)([O-])OP(=O)([O-])OP(=O)([O-])OC[C@H]4O[C@@H](n5cnc6c(N)nc(SC)nc65)[C@H](O)[C@@H]4O)[C@@H](O)[C@H]3O)c2n1. The fourth-order valence-corrected chi connectivity index (χ4v) is 12.4. The van der Waals surface area contributed by atoms with Gasteiger partial charge in [0.1, 0.15) is 55.3 Å². The number of aromatic nitrogens is 8. The minimum Gasteiger partial charge on any atom is -0.778 e. The lowest BCUT2D eigenvalue weighted by atomic mass is 10.1. The van der Waals surface area contributed by atoms with Crippen molar-refractivity contribution in [3.8, 4) is 0 Å². The van der Waals surface area contributed by atoms with Crippen LogP contribution in [-0.4, -0.2) is 128 Å². The maximum absolute atomic E-state index is 12.5. The topological polar surface area (TPSA) is 436 Å². The Morgan fingerprint density at radius 2 is 1.12 bits per heavy atom. The molecule has 0 bridgehead atoms. The molecule has 12 atom stereocenters. The van der Waals surface area contributed by atoms with E-state index in [0.29, 0.717) is 0 Å². The Hall–Kier alpha value is -2.24. The van der Waals surface area contributed by atoms with Gasteiger partial charge in [0.25, 0.3) is 15.6 Å². The minimum atomic E-state index is -6.49. The van der Waals surface area contributed by atoms with Crippen LogP contribution in [0.25, 0.3) is 22.3 Å². The summed E-state index contributed by atoms with van der Waals surface area (Å²) in [6.07, 6.45) is -7.69. The van der Waals surface area contributed by atoms with E-state index in [2.05, 4.69) is 47.6 Å². The zero-order valence-electron chi connectivity index (χ0n) is 28.7. The molecule has 4 aromatic rings. The third-order valence-corrected chi connectivity index (χ3v) is 16.3. The van der Waals surface area contributed by atoms with Gasteiger partial charge in [-0.3, -0.25) is 22.6 Å². The number of phosphoric ester groups is 1. The molecule has 8 N–H and O–H groups in total. The van der Waals surface area contributed by atoms with Gasteiger partial charge in [-0.1, -0.05) is 23.5 Å². The van der Waals surface area contributed by atoms with Gasteiger partial charge in [0, 0.05) is 0 Å². The smallest absolute Gasteiger partial charge is 0.279 e. The number of aliphatic hydroxyl groups is 4. The number of aliphatic hydroxyl groups excluding tert-OH is 4. The molecule has 0 radical (unpaired) electrons. The summed E-state index contributed by atoms with van der Waals surface area (Å²) in [6, 6.07) is 0. The molecule has 6 heterocycles. The third-order valence-electron chi connectivity index (χ3n) is 8.05. The molecule has 6 rings (SSSR count). The highest BCUT2D eigenvalue weighted by Crippen LogP contribution is 2.66. The van der Waals surface area contributed by atoms with Crippen LogP contribution in [0, 0.1) is 0 Å². The molecule has 2 aliphatic rings. The van der Waals surface area contributed by atoms with Crippen molar-refractivity contribution in [1.82, 2.24) is 39.0 Å². The monoisotopic (exact) mass is 922 g/mol. The van der Waals surface area contributed by atoms with E-state index in [9.17, 15) is 58.3 Å². The molecule has 0 spiro atoms. The molecule has 2 saturated heterocycles. The van der Waals surface area contributed by atoms with Crippen LogP contribution in [0.15, 0.2) is 23.0 Å². The number of thioether (sulfide) groups is 2. The molecule has 316 valence electrons. The Morgan fingerprint density at radius 1 is 0.684 bits per heavy atom. The van der Waals surface area contributed by atoms with Crippen molar-refractivity contribution in [1.29, 1.82) is 0 Å². The van der Waals surface area contributed by atoms with Gasteiger partial charge in [0.05, 0.1) is 31.8 Å². The van der Waals surface area contributed by atoms with Crippen LogP contribution < -0.4 is 31.0 Å². The minimum absolute atomic E-state index is 0.00666. The summed E-state index contributed by atoms with van der Waals surface area (Å²) in [6.45, 7) is -2.30. The zero-order chi connectivity index (χ0) is 41.8. The van der Waals surface area contributed by atoms with Crippen molar-refractivity contribution in [3.05, 3.63) is 12.7 Å². The Kier molecular flexibility index (Phi) is 13.0. The van der Waals surface area contributed by atoms with Crippen molar-refractivity contribution in [3.63, 3.8) is 0 Å². The zero-order valence-corrected chi connectivity index (χ0v) is 33.9. The molecule has 4 aromatic heterocycles. The van der Waals surface area contributed by atoms with Gasteiger partial charge in [-0.15, -0.1) is 0 Å². The van der Waals surface area contributed by atoms with Crippen molar-refractivity contribution in [2.24, 2.45) is 0 Å². The maximum Gasteiger partial charge on any atom is 0.279 e. The van der Waals surface area contributed by atoms with Crippen LogP contribution in [0.1, 0.15) is 12.5 Å². The van der Waals surface area contributed by atoms with Crippen LogP contribution in [0.5, 0.6) is 0 Å². The average Bonchev–Trinajstić information content (AvgIpc) is 3.86. The fourth-order valence-electron chi connectivity index (χ4n) is 5.53. The van der Waals surface area contributed by atoms with Crippen molar-refractivity contribution in [2.75, 3.05) is 43.1 Å². The van der Waals surface area contributed by atoms with Crippen LogP contribution in [0.2, 0.25) is 0 Å². The number of fused-ring (bicyclic) bond motifs is 2. The lowest BCUT2D eigenvalue weighted by molar-refractivity contribution is -0.246. The first-order chi connectivity index (χ1) is 26.5. The second-order valence-corrected chi connectivity index (χ2v) is 20.7. The van der Waals surface area contributed by atoms with E-state index in [0.717, 1.165) is 40.7 Å². The van der Waals surface area contributed by atoms with Gasteiger partial charge < -0.3 is 79.1 Å². The predicted molar refractivity (Wildman–Crippen MR) is 184 cm³/mol. The van der Waals surface area contributed by atoms with Gasteiger partial charge in [-0.05, 0) is 12.5 Å². The number of anilines is 2. The van der Waals surface area contributed by atoms with E-state index < -0.39 is 99.0 Å². The molecule has 2 fully saturated rings. The fraction of sp³-hybridized carbons (Fsp3) is 0.565. The van der Waals surface area contributed by atoms with Gasteiger partial charge in [0.15, 0.2) is 53.3 Å². The second kappa shape index (κ2) is 16.7. The second-order valence-electron chi connectivity index (χ2n) is 11.9. The number of hydrogen-bond acceptors (Lipinski definition) is 28. The molecule has 0 amide bonds. The van der Waals surface area contributed by atoms with Crippen molar-refractivity contribution in [2.45, 2.75) is 59.4 Å². The summed E-state index contributed by atoms with van der Waals surface area (Å²) < 4.78 is 79.6. The molecule has 28 nitrogen and oxygen atoms in total. The number of ether oxygens (including phenoxy) is 2. The molecule has 0 aromatic carbocycles.